The van der Waals surface area contributed by atoms with Crippen LogP contribution < -0.4 is 10.8 Å². The highest BCUT2D eigenvalue weighted by molar-refractivity contribution is 6.66. The summed E-state index contributed by atoms with van der Waals surface area (Å²) >= 11 is 12.9. The molecule has 4 rings (SSSR count). The van der Waals surface area contributed by atoms with Gasteiger partial charge in [0.15, 0.2) is 5.69 Å². The third-order valence-corrected chi connectivity index (χ3v) is 6.91. The molecule has 0 saturated carbocycles. The van der Waals surface area contributed by atoms with Crippen molar-refractivity contribution in [3.63, 3.8) is 0 Å². The fraction of sp³-hybridized carbons (Fsp3) is 0.320. The molecule has 0 spiro atoms. The Bertz CT molecular complexity index is 1290. The van der Waals surface area contributed by atoms with Gasteiger partial charge in [-0.15, -0.1) is 0 Å². The van der Waals surface area contributed by atoms with Crippen LogP contribution >= 0.6 is 23.2 Å². The number of rotatable bonds is 6. The van der Waals surface area contributed by atoms with E-state index < -0.39 is 30.2 Å². The van der Waals surface area contributed by atoms with Gasteiger partial charge in [0.05, 0.1) is 34.1 Å². The molecule has 1 aliphatic heterocycles. The van der Waals surface area contributed by atoms with Gasteiger partial charge in [0.1, 0.15) is 5.82 Å². The van der Waals surface area contributed by atoms with Crippen LogP contribution in [-0.2, 0) is 14.0 Å². The molecule has 1 aromatic heterocycles. The van der Waals surface area contributed by atoms with Crippen molar-refractivity contribution in [3.05, 3.63) is 69.8 Å². The van der Waals surface area contributed by atoms with Gasteiger partial charge in [-0.3, -0.25) is 4.79 Å². The summed E-state index contributed by atoms with van der Waals surface area (Å²) in [5.41, 5.74) is 0.154. The van der Waals surface area contributed by atoms with E-state index >= 15 is 0 Å². The van der Waals surface area contributed by atoms with Crippen molar-refractivity contribution in [2.45, 2.75) is 45.8 Å². The lowest BCUT2D eigenvalue weighted by molar-refractivity contribution is 0.00578. The summed E-state index contributed by atoms with van der Waals surface area (Å²) in [6, 6.07) is 13.6. The van der Waals surface area contributed by atoms with E-state index in [4.69, 9.17) is 37.2 Å². The summed E-state index contributed by atoms with van der Waals surface area (Å²) in [7, 11) is -0.781. The molecule has 1 saturated heterocycles. The predicted octanol–water partition coefficient (Wildman–Crippen LogP) is 4.91. The number of anilines is 1. The SMILES string of the molecule is CCOC(=O)c1cc(NC(=O)c2cc(B3OC(C)(C)C(C)(C)O3)c(Cl)cc2Cl)n(-c2ccccc2)n1. The fourth-order valence-electron chi connectivity index (χ4n) is 3.61. The van der Waals surface area contributed by atoms with Gasteiger partial charge in [0.2, 0.25) is 0 Å². The molecule has 0 atom stereocenters. The first kappa shape index (κ1) is 26.2. The quantitative estimate of drug-likeness (QED) is 0.360. The first-order valence-corrected chi connectivity index (χ1v) is 12.2. The monoisotopic (exact) mass is 529 g/mol. The van der Waals surface area contributed by atoms with Crippen LogP contribution in [0.5, 0.6) is 0 Å². The number of nitrogens with zero attached hydrogens (tertiary/aromatic N) is 2. The fourth-order valence-corrected chi connectivity index (χ4v) is 4.17. The van der Waals surface area contributed by atoms with Crippen LogP contribution in [0.3, 0.4) is 0 Å². The minimum absolute atomic E-state index is 0.0520. The van der Waals surface area contributed by atoms with Crippen LogP contribution in [-0.4, -0.2) is 46.6 Å². The highest BCUT2D eigenvalue weighted by atomic mass is 35.5. The Morgan fingerprint density at radius 3 is 2.28 bits per heavy atom. The van der Waals surface area contributed by atoms with E-state index in [1.165, 1.54) is 16.8 Å². The van der Waals surface area contributed by atoms with Crippen molar-refractivity contribution in [1.82, 2.24) is 9.78 Å². The molecule has 0 bridgehead atoms. The molecular formula is C25H26BCl2N3O5. The third-order valence-electron chi connectivity index (χ3n) is 6.27. The van der Waals surface area contributed by atoms with E-state index in [0.717, 1.165) is 0 Å². The number of esters is 1. The summed E-state index contributed by atoms with van der Waals surface area (Å²) in [5.74, 6) is -0.866. The van der Waals surface area contributed by atoms with Gasteiger partial charge in [0.25, 0.3) is 5.91 Å². The first-order chi connectivity index (χ1) is 16.9. The van der Waals surface area contributed by atoms with E-state index in [-0.39, 0.29) is 28.7 Å². The van der Waals surface area contributed by atoms with Crippen molar-refractivity contribution in [2.75, 3.05) is 11.9 Å². The Hall–Kier alpha value is -2.85. The van der Waals surface area contributed by atoms with Crippen molar-refractivity contribution >= 4 is 53.5 Å². The van der Waals surface area contributed by atoms with Crippen LogP contribution in [0.2, 0.25) is 10.0 Å². The highest BCUT2D eigenvalue weighted by Crippen LogP contribution is 2.37. The van der Waals surface area contributed by atoms with Crippen molar-refractivity contribution in [3.8, 4) is 5.69 Å². The second-order valence-electron chi connectivity index (χ2n) is 9.28. The topological polar surface area (TPSA) is 91.7 Å². The molecule has 3 aromatic rings. The van der Waals surface area contributed by atoms with Gasteiger partial charge in [-0.05, 0) is 58.9 Å². The maximum atomic E-state index is 13.4. The number of amides is 1. The Labute approximate surface area is 220 Å². The van der Waals surface area contributed by atoms with E-state index in [1.807, 2.05) is 45.9 Å². The number of hydrogen-bond donors (Lipinski definition) is 1. The third kappa shape index (κ3) is 5.02. The standard InChI is InChI=1S/C25H26BCl2N3O5/c1-6-34-23(33)20-14-21(31(30-20)15-10-8-7-9-11-15)29-22(32)16-12-17(19(28)13-18(16)27)26-35-24(2,3)25(4,5)36-26/h7-14H,6H2,1-5H3,(H,29,32). The number of aromatic nitrogens is 2. The summed E-state index contributed by atoms with van der Waals surface area (Å²) in [6.07, 6.45) is 0. The molecule has 11 heteroatoms. The molecule has 1 fully saturated rings. The van der Waals surface area contributed by atoms with Gasteiger partial charge in [-0.2, -0.15) is 5.10 Å². The number of carbonyl (C=O) groups excluding carboxylic acids is 2. The maximum Gasteiger partial charge on any atom is 0.496 e. The smallest absolute Gasteiger partial charge is 0.461 e. The number of para-hydroxylation sites is 1. The summed E-state index contributed by atoms with van der Waals surface area (Å²) in [5, 5.41) is 7.59. The van der Waals surface area contributed by atoms with Crippen LogP contribution in [0.1, 0.15) is 55.5 Å². The molecule has 1 amide bonds. The number of nitrogens with one attached hydrogen (secondary N) is 1. The van der Waals surface area contributed by atoms with Crippen LogP contribution in [0.25, 0.3) is 5.69 Å². The number of carbonyl (C=O) groups is 2. The second kappa shape index (κ2) is 9.90. The van der Waals surface area contributed by atoms with E-state index in [1.54, 1.807) is 25.1 Å². The van der Waals surface area contributed by atoms with Gasteiger partial charge >= 0.3 is 13.1 Å². The maximum absolute atomic E-state index is 13.4. The molecule has 0 aliphatic carbocycles. The minimum Gasteiger partial charge on any atom is -0.461 e. The average Bonchev–Trinajstić information content (AvgIpc) is 3.31. The summed E-state index contributed by atoms with van der Waals surface area (Å²) in [4.78, 5) is 25.7. The molecule has 8 nitrogen and oxygen atoms in total. The van der Waals surface area contributed by atoms with Crippen molar-refractivity contribution in [2.24, 2.45) is 0 Å². The number of halogens is 2. The molecular weight excluding hydrogens is 504 g/mol. The molecule has 1 N–H and O–H groups in total. The first-order valence-electron chi connectivity index (χ1n) is 11.4. The lowest BCUT2D eigenvalue weighted by Gasteiger charge is -2.32. The lowest BCUT2D eigenvalue weighted by Crippen LogP contribution is -2.41. The van der Waals surface area contributed by atoms with Crippen molar-refractivity contribution < 1.29 is 23.6 Å². The number of ether oxygens (including phenoxy) is 1. The number of hydrogen-bond acceptors (Lipinski definition) is 6. The number of benzene rings is 2. The molecule has 2 heterocycles. The highest BCUT2D eigenvalue weighted by Gasteiger charge is 2.52. The molecule has 2 aromatic carbocycles. The van der Waals surface area contributed by atoms with Crippen molar-refractivity contribution in [1.29, 1.82) is 0 Å². The van der Waals surface area contributed by atoms with E-state index in [2.05, 4.69) is 10.4 Å². The minimum atomic E-state index is -0.781. The summed E-state index contributed by atoms with van der Waals surface area (Å²) in [6.45, 7) is 9.61. The average molecular weight is 530 g/mol. The van der Waals surface area contributed by atoms with Crippen LogP contribution in [0, 0.1) is 0 Å². The largest absolute Gasteiger partial charge is 0.496 e. The molecule has 188 valence electrons. The van der Waals surface area contributed by atoms with Crippen LogP contribution in [0.4, 0.5) is 5.82 Å². The van der Waals surface area contributed by atoms with Gasteiger partial charge in [-0.1, -0.05) is 41.4 Å². The van der Waals surface area contributed by atoms with E-state index in [9.17, 15) is 9.59 Å². The molecule has 0 unspecified atom stereocenters. The Morgan fingerprint density at radius 2 is 1.67 bits per heavy atom. The Balaban J connectivity index is 1.69. The normalized spacial score (nSPS) is 16.1. The zero-order valence-corrected chi connectivity index (χ0v) is 22.1. The van der Waals surface area contributed by atoms with Gasteiger partial charge < -0.3 is 19.4 Å². The lowest BCUT2D eigenvalue weighted by atomic mass is 9.78. The molecule has 0 radical (unpaired) electrons. The van der Waals surface area contributed by atoms with Gasteiger partial charge in [0, 0.05) is 16.6 Å². The Kier molecular flexibility index (Phi) is 7.21. The summed E-state index contributed by atoms with van der Waals surface area (Å²) < 4.78 is 18.7. The molecule has 1 aliphatic rings. The second-order valence-corrected chi connectivity index (χ2v) is 10.1. The Morgan fingerprint density at radius 1 is 1.03 bits per heavy atom. The zero-order chi connectivity index (χ0) is 26.3. The van der Waals surface area contributed by atoms with E-state index in [0.29, 0.717) is 16.2 Å². The van der Waals surface area contributed by atoms with Crippen LogP contribution in [0.15, 0.2) is 48.5 Å². The molecule has 36 heavy (non-hydrogen) atoms. The van der Waals surface area contributed by atoms with Gasteiger partial charge in [-0.25, -0.2) is 9.48 Å². The zero-order valence-electron chi connectivity index (χ0n) is 20.6. The predicted molar refractivity (Wildman–Crippen MR) is 140 cm³/mol.